The number of anilines is 2. The Labute approximate surface area is 176 Å². The molecule has 0 spiro atoms. The van der Waals surface area contributed by atoms with Crippen LogP contribution in [0.3, 0.4) is 0 Å². The molecule has 4 rings (SSSR count). The van der Waals surface area contributed by atoms with E-state index in [1.54, 1.807) is 0 Å². The molecule has 0 atom stereocenters. The van der Waals surface area contributed by atoms with E-state index in [2.05, 4.69) is 86.3 Å². The second-order valence-corrected chi connectivity index (χ2v) is 7.86. The van der Waals surface area contributed by atoms with E-state index in [9.17, 15) is 4.79 Å². The van der Waals surface area contributed by atoms with E-state index in [1.807, 2.05) is 22.2 Å². The molecule has 0 aromatic heterocycles. The molecule has 2 amide bonds. The van der Waals surface area contributed by atoms with Crippen molar-refractivity contribution in [2.75, 3.05) is 9.80 Å². The summed E-state index contributed by atoms with van der Waals surface area (Å²) in [5.41, 5.74) is 9.04. The molecule has 30 heavy (non-hydrogen) atoms. The van der Waals surface area contributed by atoms with Gasteiger partial charge in [0.2, 0.25) is 5.82 Å². The maximum absolute atomic E-state index is 11.4. The van der Waals surface area contributed by atoms with Gasteiger partial charge in [-0.2, -0.15) is 0 Å². The lowest BCUT2D eigenvalue weighted by atomic mass is 10.0. The number of nitrogens with zero attached hydrogens (tertiary/aromatic N) is 6. The number of urea groups is 1. The number of azo groups is 2. The summed E-state index contributed by atoms with van der Waals surface area (Å²) in [7, 11) is 0. The second-order valence-electron chi connectivity index (χ2n) is 7.86. The maximum Gasteiger partial charge on any atom is 0.404 e. The SMILES string of the molecule is Cc1cc(C)c(N2C=CN(c3c(C)cc(C)cc3C)C2=C2N=NC(=O)N=N2)c(C)c1. The van der Waals surface area contributed by atoms with Crippen molar-refractivity contribution in [3.63, 3.8) is 0 Å². The fraction of sp³-hybridized carbons (Fsp3) is 0.261. The average Bonchev–Trinajstić information content (AvgIpc) is 3.05. The number of aryl methyl sites for hydroxylation is 6. The highest BCUT2D eigenvalue weighted by Gasteiger charge is 2.31. The van der Waals surface area contributed by atoms with Crippen molar-refractivity contribution >= 4 is 17.4 Å². The van der Waals surface area contributed by atoms with E-state index in [0.29, 0.717) is 11.6 Å². The molecule has 0 aliphatic carbocycles. The summed E-state index contributed by atoms with van der Waals surface area (Å²) >= 11 is 0. The molecule has 0 bridgehead atoms. The van der Waals surface area contributed by atoms with Crippen molar-refractivity contribution in [2.24, 2.45) is 20.5 Å². The number of rotatable bonds is 2. The molecule has 0 saturated heterocycles. The lowest BCUT2D eigenvalue weighted by Gasteiger charge is -2.29. The van der Waals surface area contributed by atoms with E-state index < -0.39 is 6.03 Å². The minimum absolute atomic E-state index is 0.290. The number of benzene rings is 2. The lowest BCUT2D eigenvalue weighted by molar-refractivity contribution is 0.253. The van der Waals surface area contributed by atoms with Crippen LogP contribution in [0.2, 0.25) is 0 Å². The first-order chi connectivity index (χ1) is 14.3. The minimum Gasteiger partial charge on any atom is -0.298 e. The lowest BCUT2D eigenvalue weighted by Crippen LogP contribution is -2.26. The van der Waals surface area contributed by atoms with Crippen LogP contribution in [0.4, 0.5) is 16.2 Å². The molecule has 2 aromatic rings. The van der Waals surface area contributed by atoms with Gasteiger partial charge in [-0.05, 0) is 63.8 Å². The highest BCUT2D eigenvalue weighted by Crippen LogP contribution is 2.40. The fourth-order valence-electron chi connectivity index (χ4n) is 4.38. The highest BCUT2D eigenvalue weighted by atomic mass is 16.2. The highest BCUT2D eigenvalue weighted by molar-refractivity contribution is 5.78. The molecule has 0 saturated carbocycles. The Kier molecular flexibility index (Phi) is 4.81. The number of hydrogen-bond acceptors (Lipinski definition) is 5. The summed E-state index contributed by atoms with van der Waals surface area (Å²) in [6, 6.07) is 7.90. The van der Waals surface area contributed by atoms with Gasteiger partial charge in [-0.15, -0.1) is 10.2 Å². The van der Waals surface area contributed by atoms with Gasteiger partial charge >= 0.3 is 6.03 Å². The van der Waals surface area contributed by atoms with Crippen LogP contribution in [0.5, 0.6) is 0 Å². The fourth-order valence-corrected chi connectivity index (χ4v) is 4.38. The summed E-state index contributed by atoms with van der Waals surface area (Å²) < 4.78 is 0. The number of amides is 2. The number of carbonyl (C=O) groups is 1. The molecule has 152 valence electrons. The molecule has 7 heteroatoms. The predicted octanol–water partition coefficient (Wildman–Crippen LogP) is 6.50. The molecular weight excluding hydrogens is 376 g/mol. The number of carbonyl (C=O) groups excluding carboxylic acids is 1. The standard InChI is InChI=1S/C23H24N6O/c1-13-9-15(3)19(16(4)10-13)28-7-8-29(20-17(5)11-14(2)12-18(20)6)22(28)21-24-26-23(30)27-25-21/h7-12H,1-6H3. The van der Waals surface area contributed by atoms with Crippen LogP contribution >= 0.6 is 0 Å². The topological polar surface area (TPSA) is 73.0 Å². The molecular formula is C23H24N6O. The zero-order valence-corrected chi connectivity index (χ0v) is 18.1. The van der Waals surface area contributed by atoms with Crippen molar-refractivity contribution in [3.8, 4) is 0 Å². The minimum atomic E-state index is -0.700. The zero-order valence-electron chi connectivity index (χ0n) is 18.1. The van der Waals surface area contributed by atoms with E-state index in [0.717, 1.165) is 33.6 Å². The molecule has 2 aromatic carbocycles. The van der Waals surface area contributed by atoms with E-state index in [-0.39, 0.29) is 0 Å². The molecule has 0 fully saturated rings. The molecule has 2 aliphatic rings. The second kappa shape index (κ2) is 7.33. The van der Waals surface area contributed by atoms with Crippen LogP contribution in [0.15, 0.2) is 68.8 Å². The van der Waals surface area contributed by atoms with Crippen molar-refractivity contribution in [1.82, 2.24) is 0 Å². The van der Waals surface area contributed by atoms with Crippen molar-refractivity contribution < 1.29 is 4.79 Å². The summed E-state index contributed by atoms with van der Waals surface area (Å²) in [6.07, 6.45) is 3.99. The third-order valence-electron chi connectivity index (χ3n) is 5.23. The number of hydrogen-bond donors (Lipinski definition) is 0. The molecule has 2 heterocycles. The van der Waals surface area contributed by atoms with Gasteiger partial charge in [0.1, 0.15) is 0 Å². The molecule has 2 aliphatic heterocycles. The van der Waals surface area contributed by atoms with Crippen LogP contribution < -0.4 is 9.80 Å². The Bertz CT molecular complexity index is 1050. The van der Waals surface area contributed by atoms with Crippen LogP contribution in [-0.4, -0.2) is 6.03 Å². The molecule has 0 unspecified atom stereocenters. The van der Waals surface area contributed by atoms with E-state index in [1.165, 1.54) is 11.1 Å². The van der Waals surface area contributed by atoms with Crippen molar-refractivity contribution in [2.45, 2.75) is 41.5 Å². The third-order valence-corrected chi connectivity index (χ3v) is 5.23. The van der Waals surface area contributed by atoms with Crippen LogP contribution in [0, 0.1) is 41.5 Å². The van der Waals surface area contributed by atoms with Gasteiger partial charge in [-0.25, -0.2) is 4.79 Å². The van der Waals surface area contributed by atoms with Crippen LogP contribution in [0.1, 0.15) is 33.4 Å². The van der Waals surface area contributed by atoms with E-state index >= 15 is 0 Å². The summed E-state index contributed by atoms with van der Waals surface area (Å²) in [5, 5.41) is 15.4. The first kappa shape index (κ1) is 19.7. The maximum atomic E-state index is 11.4. The van der Waals surface area contributed by atoms with Gasteiger partial charge in [-0.1, -0.05) is 45.6 Å². The average molecular weight is 400 g/mol. The Morgan fingerprint density at radius 1 is 0.600 bits per heavy atom. The van der Waals surface area contributed by atoms with Gasteiger partial charge < -0.3 is 0 Å². The van der Waals surface area contributed by atoms with Crippen LogP contribution in [-0.2, 0) is 0 Å². The largest absolute Gasteiger partial charge is 0.404 e. The first-order valence-electron chi connectivity index (χ1n) is 9.80. The van der Waals surface area contributed by atoms with Gasteiger partial charge in [0, 0.05) is 12.4 Å². The monoisotopic (exact) mass is 400 g/mol. The normalized spacial score (nSPS) is 15.7. The van der Waals surface area contributed by atoms with E-state index in [4.69, 9.17) is 0 Å². The predicted molar refractivity (Wildman–Crippen MR) is 118 cm³/mol. The summed E-state index contributed by atoms with van der Waals surface area (Å²) in [5.74, 6) is 0.985. The Morgan fingerprint density at radius 2 is 0.967 bits per heavy atom. The van der Waals surface area contributed by atoms with Gasteiger partial charge in [-0.3, -0.25) is 9.80 Å². The first-order valence-corrected chi connectivity index (χ1v) is 9.80. The smallest absolute Gasteiger partial charge is 0.298 e. The third kappa shape index (κ3) is 3.32. The van der Waals surface area contributed by atoms with Gasteiger partial charge in [0.05, 0.1) is 11.4 Å². The quantitative estimate of drug-likeness (QED) is 0.577. The van der Waals surface area contributed by atoms with Crippen molar-refractivity contribution in [3.05, 3.63) is 81.7 Å². The Balaban J connectivity index is 1.94. The Morgan fingerprint density at radius 3 is 1.33 bits per heavy atom. The molecule has 0 N–H and O–H groups in total. The van der Waals surface area contributed by atoms with Crippen LogP contribution in [0.25, 0.3) is 0 Å². The van der Waals surface area contributed by atoms with Gasteiger partial charge in [0.15, 0.2) is 5.82 Å². The molecule has 0 radical (unpaired) electrons. The van der Waals surface area contributed by atoms with Gasteiger partial charge in [0.25, 0.3) is 0 Å². The summed E-state index contributed by atoms with van der Waals surface area (Å²) in [6.45, 7) is 12.5. The van der Waals surface area contributed by atoms with Crippen molar-refractivity contribution in [1.29, 1.82) is 0 Å². The zero-order chi connectivity index (χ0) is 21.6. The Hall–Kier alpha value is -3.61. The molecule has 7 nitrogen and oxygen atoms in total. The summed E-state index contributed by atoms with van der Waals surface area (Å²) in [4.78, 5) is 15.5.